The van der Waals surface area contributed by atoms with Crippen molar-refractivity contribution in [3.63, 3.8) is 0 Å². The van der Waals surface area contributed by atoms with Crippen LogP contribution in [0.5, 0.6) is 0 Å². The summed E-state index contributed by atoms with van der Waals surface area (Å²) in [4.78, 5) is 14.2. The number of amides is 1. The first-order chi connectivity index (χ1) is 12.7. The highest BCUT2D eigenvalue weighted by atomic mass is 16.1. The number of hydrogen-bond acceptors (Lipinski definition) is 2. The zero-order chi connectivity index (χ0) is 18.9. The van der Waals surface area contributed by atoms with Gasteiger partial charge in [0.1, 0.15) is 0 Å². The maximum atomic E-state index is 11.9. The first kappa shape index (κ1) is 22.7. The van der Waals surface area contributed by atoms with Crippen molar-refractivity contribution in [2.45, 2.75) is 84.1 Å². The van der Waals surface area contributed by atoms with Gasteiger partial charge in [0, 0.05) is 19.5 Å². The predicted molar refractivity (Wildman–Crippen MR) is 112 cm³/mol. The Kier molecular flexibility index (Phi) is 13.8. The molecule has 0 spiro atoms. The second kappa shape index (κ2) is 15.9. The molecule has 1 rings (SSSR count). The van der Waals surface area contributed by atoms with Crippen LogP contribution < -0.4 is 5.32 Å². The summed E-state index contributed by atoms with van der Waals surface area (Å²) in [6.45, 7) is 5.02. The second-order valence-corrected chi connectivity index (χ2v) is 7.51. The Hall–Kier alpha value is -1.35. The molecule has 1 aromatic rings. The van der Waals surface area contributed by atoms with E-state index in [1.807, 2.05) is 6.07 Å². The van der Waals surface area contributed by atoms with Crippen molar-refractivity contribution in [3.8, 4) is 0 Å². The minimum absolute atomic E-state index is 0.221. The van der Waals surface area contributed by atoms with Gasteiger partial charge in [-0.1, -0.05) is 88.6 Å². The lowest BCUT2D eigenvalue weighted by molar-refractivity contribution is -0.121. The molecule has 0 heterocycles. The van der Waals surface area contributed by atoms with Gasteiger partial charge < -0.3 is 10.2 Å². The third-order valence-corrected chi connectivity index (χ3v) is 4.84. The lowest BCUT2D eigenvalue weighted by Gasteiger charge is -2.16. The highest BCUT2D eigenvalue weighted by molar-refractivity contribution is 5.75. The Bertz CT molecular complexity index is 447. The average molecular weight is 361 g/mol. The van der Waals surface area contributed by atoms with Gasteiger partial charge in [0.25, 0.3) is 0 Å². The minimum atomic E-state index is 0.221. The van der Waals surface area contributed by atoms with Gasteiger partial charge in [0.2, 0.25) is 5.91 Å². The molecule has 26 heavy (non-hydrogen) atoms. The van der Waals surface area contributed by atoms with Crippen molar-refractivity contribution in [2.24, 2.45) is 0 Å². The molecule has 1 amide bonds. The van der Waals surface area contributed by atoms with Crippen LogP contribution in [0, 0.1) is 0 Å². The number of nitrogens with zero attached hydrogens (tertiary/aromatic N) is 1. The molecular weight excluding hydrogens is 320 g/mol. The van der Waals surface area contributed by atoms with Crippen LogP contribution in [0.4, 0.5) is 0 Å². The van der Waals surface area contributed by atoms with Crippen molar-refractivity contribution in [2.75, 3.05) is 20.1 Å². The summed E-state index contributed by atoms with van der Waals surface area (Å²) in [7, 11) is 2.14. The van der Waals surface area contributed by atoms with E-state index in [9.17, 15) is 4.79 Å². The number of carbonyl (C=O) groups is 1. The van der Waals surface area contributed by atoms with Gasteiger partial charge in [0.05, 0.1) is 0 Å². The first-order valence-corrected chi connectivity index (χ1v) is 10.7. The summed E-state index contributed by atoms with van der Waals surface area (Å²) < 4.78 is 0. The van der Waals surface area contributed by atoms with Crippen molar-refractivity contribution in [1.29, 1.82) is 0 Å². The van der Waals surface area contributed by atoms with Crippen molar-refractivity contribution < 1.29 is 4.79 Å². The second-order valence-electron chi connectivity index (χ2n) is 7.51. The van der Waals surface area contributed by atoms with Crippen LogP contribution in [-0.2, 0) is 11.3 Å². The van der Waals surface area contributed by atoms with Gasteiger partial charge in [-0.05, 0) is 32.0 Å². The summed E-state index contributed by atoms with van der Waals surface area (Å²) >= 11 is 0. The molecule has 0 unspecified atom stereocenters. The van der Waals surface area contributed by atoms with Crippen molar-refractivity contribution in [3.05, 3.63) is 35.9 Å². The molecule has 3 heteroatoms. The SMILES string of the molecule is CCCCCCCCCCCC(=O)NCCCN(C)Cc1ccccc1. The molecule has 0 fully saturated rings. The van der Waals surface area contributed by atoms with Crippen molar-refractivity contribution in [1.82, 2.24) is 10.2 Å². The van der Waals surface area contributed by atoms with E-state index in [1.54, 1.807) is 0 Å². The van der Waals surface area contributed by atoms with Crippen LogP contribution in [0.15, 0.2) is 30.3 Å². The highest BCUT2D eigenvalue weighted by Gasteiger charge is 2.03. The van der Waals surface area contributed by atoms with Gasteiger partial charge in [-0.25, -0.2) is 0 Å². The number of benzene rings is 1. The van der Waals surface area contributed by atoms with Gasteiger partial charge in [-0.3, -0.25) is 4.79 Å². The van der Waals surface area contributed by atoms with Gasteiger partial charge in [0.15, 0.2) is 0 Å². The van der Waals surface area contributed by atoms with E-state index in [1.165, 1.54) is 56.9 Å². The molecule has 0 saturated carbocycles. The highest BCUT2D eigenvalue weighted by Crippen LogP contribution is 2.10. The molecule has 0 radical (unpaired) electrons. The molecule has 1 aromatic carbocycles. The Labute approximate surface area is 161 Å². The normalized spacial score (nSPS) is 11.0. The number of rotatable bonds is 16. The van der Waals surface area contributed by atoms with Crippen LogP contribution in [0.25, 0.3) is 0 Å². The monoisotopic (exact) mass is 360 g/mol. The fourth-order valence-corrected chi connectivity index (χ4v) is 3.24. The Morgan fingerprint density at radius 1 is 0.885 bits per heavy atom. The zero-order valence-electron chi connectivity index (χ0n) is 17.1. The zero-order valence-corrected chi connectivity index (χ0v) is 17.1. The lowest BCUT2D eigenvalue weighted by atomic mass is 10.1. The molecule has 148 valence electrons. The summed E-state index contributed by atoms with van der Waals surface area (Å²) in [5, 5.41) is 3.06. The molecule has 1 N–H and O–H groups in total. The Morgan fingerprint density at radius 2 is 1.50 bits per heavy atom. The fraction of sp³-hybridized carbons (Fsp3) is 0.696. The van der Waals surface area contributed by atoms with Gasteiger partial charge in [-0.2, -0.15) is 0 Å². The first-order valence-electron chi connectivity index (χ1n) is 10.7. The smallest absolute Gasteiger partial charge is 0.219 e. The van der Waals surface area contributed by atoms with Crippen molar-refractivity contribution >= 4 is 5.91 Å². The fourth-order valence-electron chi connectivity index (χ4n) is 3.24. The molecule has 0 aliphatic carbocycles. The maximum absolute atomic E-state index is 11.9. The molecule has 0 saturated heterocycles. The van der Waals surface area contributed by atoms with Crippen LogP contribution >= 0.6 is 0 Å². The third-order valence-electron chi connectivity index (χ3n) is 4.84. The topological polar surface area (TPSA) is 32.3 Å². The largest absolute Gasteiger partial charge is 0.356 e. The minimum Gasteiger partial charge on any atom is -0.356 e. The molecule has 0 aliphatic rings. The summed E-state index contributed by atoms with van der Waals surface area (Å²) in [6, 6.07) is 10.5. The molecule has 0 aromatic heterocycles. The van der Waals surface area contributed by atoms with Crippen LogP contribution in [-0.4, -0.2) is 30.9 Å². The van der Waals surface area contributed by atoms with Crippen LogP contribution in [0.1, 0.15) is 83.1 Å². The van der Waals surface area contributed by atoms with E-state index in [4.69, 9.17) is 0 Å². The van der Waals surface area contributed by atoms with E-state index in [0.29, 0.717) is 6.42 Å². The molecule has 0 aliphatic heterocycles. The van der Waals surface area contributed by atoms with E-state index < -0.39 is 0 Å². The standard InChI is InChI=1S/C23H40N2O/c1-3-4-5-6-7-8-9-10-14-18-23(26)24-19-15-20-25(2)21-22-16-12-11-13-17-22/h11-13,16-17H,3-10,14-15,18-21H2,1-2H3,(H,24,26). The number of carbonyl (C=O) groups excluding carboxylic acids is 1. The van der Waals surface area contributed by atoms with Gasteiger partial charge in [-0.15, -0.1) is 0 Å². The maximum Gasteiger partial charge on any atom is 0.219 e. The number of hydrogen-bond donors (Lipinski definition) is 1. The number of unbranched alkanes of at least 4 members (excludes halogenated alkanes) is 8. The van der Waals surface area contributed by atoms with Crippen LogP contribution in [0.2, 0.25) is 0 Å². The van der Waals surface area contributed by atoms with Crippen LogP contribution in [0.3, 0.4) is 0 Å². The predicted octanol–water partition coefficient (Wildman–Crippen LogP) is 5.55. The van der Waals surface area contributed by atoms with E-state index in [0.717, 1.165) is 32.5 Å². The average Bonchev–Trinajstić information content (AvgIpc) is 2.65. The molecule has 0 bridgehead atoms. The number of nitrogens with one attached hydrogen (secondary N) is 1. The van der Waals surface area contributed by atoms with Gasteiger partial charge >= 0.3 is 0 Å². The Morgan fingerprint density at radius 3 is 2.15 bits per heavy atom. The summed E-state index contributed by atoms with van der Waals surface area (Å²) in [5.41, 5.74) is 1.34. The molecule has 0 atom stereocenters. The molecular formula is C23H40N2O. The van der Waals surface area contributed by atoms with E-state index >= 15 is 0 Å². The summed E-state index contributed by atoms with van der Waals surface area (Å²) in [5.74, 6) is 0.221. The quantitative estimate of drug-likeness (QED) is 0.392. The third kappa shape index (κ3) is 12.9. The lowest BCUT2D eigenvalue weighted by Crippen LogP contribution is -2.27. The Balaban J connectivity index is 1.89. The summed E-state index contributed by atoms with van der Waals surface area (Å²) in [6.07, 6.45) is 13.4. The van der Waals surface area contributed by atoms with E-state index in [-0.39, 0.29) is 5.91 Å². The molecule has 3 nitrogen and oxygen atoms in total. The van der Waals surface area contributed by atoms with E-state index in [2.05, 4.69) is 48.5 Å².